The van der Waals surface area contributed by atoms with Crippen LogP contribution >= 0.6 is 0 Å². The minimum absolute atomic E-state index is 0.169. The molecule has 4 rings (SSSR count). The zero-order valence-electron chi connectivity index (χ0n) is 17.3. The molecule has 0 spiro atoms. The summed E-state index contributed by atoms with van der Waals surface area (Å²) in [7, 11) is 1.68. The Hall–Kier alpha value is -2.89. The summed E-state index contributed by atoms with van der Waals surface area (Å²) < 4.78 is 10.7. The van der Waals surface area contributed by atoms with Gasteiger partial charge in [0.05, 0.1) is 26.2 Å². The summed E-state index contributed by atoms with van der Waals surface area (Å²) in [6.45, 7) is 3.86. The number of rotatable bonds is 7. The minimum atomic E-state index is -0.200. The van der Waals surface area contributed by atoms with Crippen LogP contribution in [0, 0.1) is 0 Å². The second-order valence-corrected chi connectivity index (χ2v) is 7.58. The molecule has 1 unspecified atom stereocenters. The molecule has 1 aliphatic rings. The van der Waals surface area contributed by atoms with Crippen LogP contribution in [0.5, 0.6) is 5.75 Å². The summed E-state index contributed by atoms with van der Waals surface area (Å²) in [5.41, 5.74) is 2.24. The minimum Gasteiger partial charge on any atom is -0.497 e. The molecule has 1 fully saturated rings. The Balaban J connectivity index is 1.44. The molecule has 0 saturated carbocycles. The molecule has 1 aliphatic heterocycles. The van der Waals surface area contributed by atoms with Crippen LogP contribution in [0.1, 0.15) is 17.0 Å². The highest BCUT2D eigenvalue weighted by molar-refractivity contribution is 5.85. The quantitative estimate of drug-likeness (QED) is 0.654. The maximum absolute atomic E-state index is 13.2. The Bertz CT molecular complexity index is 984. The lowest BCUT2D eigenvalue weighted by Gasteiger charge is -2.30. The van der Waals surface area contributed by atoms with E-state index < -0.39 is 0 Å². The maximum Gasteiger partial charge on any atom is 0.231 e. The number of nitrogens with one attached hydrogen (secondary N) is 1. The first-order chi connectivity index (χ1) is 14.7. The zero-order chi connectivity index (χ0) is 20.8. The lowest BCUT2D eigenvalue weighted by Crippen LogP contribution is -2.45. The van der Waals surface area contributed by atoms with Crippen molar-refractivity contribution in [3.8, 4) is 5.75 Å². The van der Waals surface area contributed by atoms with Crippen molar-refractivity contribution in [1.82, 2.24) is 10.2 Å². The van der Waals surface area contributed by atoms with Crippen molar-refractivity contribution in [1.29, 1.82) is 0 Å². The van der Waals surface area contributed by atoms with E-state index in [1.807, 2.05) is 47.4 Å². The number of hydrogen-bond donors (Lipinski definition) is 1. The van der Waals surface area contributed by atoms with E-state index >= 15 is 0 Å². The third kappa shape index (κ3) is 4.81. The van der Waals surface area contributed by atoms with Crippen molar-refractivity contribution < 1.29 is 14.3 Å². The number of ether oxygens (including phenoxy) is 2. The van der Waals surface area contributed by atoms with Crippen molar-refractivity contribution in [3.63, 3.8) is 0 Å². The van der Waals surface area contributed by atoms with Crippen LogP contribution in [0.2, 0.25) is 0 Å². The third-order valence-corrected chi connectivity index (χ3v) is 5.61. The van der Waals surface area contributed by atoms with Gasteiger partial charge < -0.3 is 19.7 Å². The van der Waals surface area contributed by atoms with E-state index in [0.29, 0.717) is 39.4 Å². The number of hydrogen-bond acceptors (Lipinski definition) is 4. The standard InChI is InChI=1S/C25H28N2O3/c1-29-23-10-9-21-15-19(7-8-22(21)16-23)17-26-18-24(20-5-3-2-4-6-20)25(28)27-11-13-30-14-12-27/h2-10,15-16,24,26H,11-14,17-18H2,1H3. The fourth-order valence-electron chi connectivity index (χ4n) is 3.91. The smallest absolute Gasteiger partial charge is 0.231 e. The molecule has 1 amide bonds. The van der Waals surface area contributed by atoms with Crippen molar-refractivity contribution in [2.45, 2.75) is 12.5 Å². The van der Waals surface area contributed by atoms with Gasteiger partial charge in [-0.1, -0.05) is 48.5 Å². The largest absolute Gasteiger partial charge is 0.497 e. The van der Waals surface area contributed by atoms with Crippen LogP contribution < -0.4 is 10.1 Å². The van der Waals surface area contributed by atoms with Crippen molar-refractivity contribution in [3.05, 3.63) is 77.9 Å². The molecule has 0 aliphatic carbocycles. The molecule has 5 heteroatoms. The number of carbonyl (C=O) groups is 1. The Morgan fingerprint density at radius 2 is 1.77 bits per heavy atom. The summed E-state index contributed by atoms with van der Waals surface area (Å²) in [6, 6.07) is 22.6. The molecule has 0 bridgehead atoms. The molecule has 3 aromatic rings. The van der Waals surface area contributed by atoms with Crippen molar-refractivity contribution >= 4 is 16.7 Å². The average Bonchev–Trinajstić information content (AvgIpc) is 2.82. The molecule has 156 valence electrons. The van der Waals surface area contributed by atoms with E-state index in [0.717, 1.165) is 16.7 Å². The van der Waals surface area contributed by atoms with Crippen LogP contribution in [0.3, 0.4) is 0 Å². The van der Waals surface area contributed by atoms with Gasteiger partial charge in [0.25, 0.3) is 0 Å². The van der Waals surface area contributed by atoms with E-state index in [1.54, 1.807) is 7.11 Å². The fraction of sp³-hybridized carbons (Fsp3) is 0.320. The summed E-state index contributed by atoms with van der Waals surface area (Å²) in [4.78, 5) is 15.1. The number of carbonyl (C=O) groups excluding carboxylic acids is 1. The molecular weight excluding hydrogens is 376 g/mol. The molecule has 1 N–H and O–H groups in total. The van der Waals surface area contributed by atoms with Crippen molar-refractivity contribution in [2.24, 2.45) is 0 Å². The van der Waals surface area contributed by atoms with Crippen LogP contribution in [0.15, 0.2) is 66.7 Å². The van der Waals surface area contributed by atoms with E-state index in [4.69, 9.17) is 9.47 Å². The molecular formula is C25H28N2O3. The maximum atomic E-state index is 13.2. The Morgan fingerprint density at radius 1 is 1.03 bits per heavy atom. The molecule has 1 atom stereocenters. The number of nitrogens with zero attached hydrogens (tertiary/aromatic N) is 1. The second-order valence-electron chi connectivity index (χ2n) is 7.58. The topological polar surface area (TPSA) is 50.8 Å². The highest BCUT2D eigenvalue weighted by Crippen LogP contribution is 2.22. The first kappa shape index (κ1) is 20.4. The summed E-state index contributed by atoms with van der Waals surface area (Å²) >= 11 is 0. The normalized spacial score (nSPS) is 15.2. The van der Waals surface area contributed by atoms with Gasteiger partial charge in [-0.15, -0.1) is 0 Å². The van der Waals surface area contributed by atoms with Gasteiger partial charge in [0.15, 0.2) is 0 Å². The van der Waals surface area contributed by atoms with Crippen LogP contribution in [-0.2, 0) is 16.1 Å². The molecule has 0 radical (unpaired) electrons. The number of morpholine rings is 1. The second kappa shape index (κ2) is 9.74. The highest BCUT2D eigenvalue weighted by Gasteiger charge is 2.26. The lowest BCUT2D eigenvalue weighted by atomic mass is 9.97. The predicted molar refractivity (Wildman–Crippen MR) is 119 cm³/mol. The molecule has 0 aromatic heterocycles. The Morgan fingerprint density at radius 3 is 2.53 bits per heavy atom. The first-order valence-electron chi connectivity index (χ1n) is 10.4. The van der Waals surface area contributed by atoms with E-state index in [-0.39, 0.29) is 11.8 Å². The molecule has 1 saturated heterocycles. The van der Waals surface area contributed by atoms with Crippen LogP contribution in [0.4, 0.5) is 0 Å². The van der Waals surface area contributed by atoms with Crippen molar-refractivity contribution in [2.75, 3.05) is 40.0 Å². The van der Waals surface area contributed by atoms with E-state index in [1.165, 1.54) is 10.9 Å². The Kier molecular flexibility index (Phi) is 6.62. The van der Waals surface area contributed by atoms with E-state index in [9.17, 15) is 4.79 Å². The SMILES string of the molecule is COc1ccc2cc(CNCC(C(=O)N3CCOCC3)c3ccccc3)ccc2c1. The average molecular weight is 405 g/mol. The number of methoxy groups -OCH3 is 1. The van der Waals surface area contributed by atoms with Gasteiger partial charge in [0.1, 0.15) is 5.75 Å². The van der Waals surface area contributed by atoms with Gasteiger partial charge in [-0.25, -0.2) is 0 Å². The zero-order valence-corrected chi connectivity index (χ0v) is 17.3. The predicted octanol–water partition coefficient (Wildman–Crippen LogP) is 3.58. The third-order valence-electron chi connectivity index (χ3n) is 5.61. The van der Waals surface area contributed by atoms with Gasteiger partial charge in [-0.2, -0.15) is 0 Å². The monoisotopic (exact) mass is 404 g/mol. The molecule has 1 heterocycles. The molecule has 3 aromatic carbocycles. The summed E-state index contributed by atoms with van der Waals surface area (Å²) in [5.74, 6) is 0.831. The lowest BCUT2D eigenvalue weighted by molar-refractivity contribution is -0.136. The van der Waals surface area contributed by atoms with Gasteiger partial charge in [-0.05, 0) is 40.1 Å². The summed E-state index contributed by atoms with van der Waals surface area (Å²) in [6.07, 6.45) is 0. The number of fused-ring (bicyclic) bond motifs is 1. The van der Waals surface area contributed by atoms with Gasteiger partial charge in [0, 0.05) is 26.2 Å². The van der Waals surface area contributed by atoms with Gasteiger partial charge in [0.2, 0.25) is 5.91 Å². The number of benzene rings is 3. The van der Waals surface area contributed by atoms with Crippen LogP contribution in [0.25, 0.3) is 10.8 Å². The van der Waals surface area contributed by atoms with Gasteiger partial charge in [-0.3, -0.25) is 4.79 Å². The Labute approximate surface area is 177 Å². The molecule has 30 heavy (non-hydrogen) atoms. The number of amides is 1. The fourth-order valence-corrected chi connectivity index (χ4v) is 3.91. The van der Waals surface area contributed by atoms with Gasteiger partial charge >= 0.3 is 0 Å². The van der Waals surface area contributed by atoms with Crippen LogP contribution in [-0.4, -0.2) is 50.8 Å². The summed E-state index contributed by atoms with van der Waals surface area (Å²) in [5, 5.41) is 5.84. The van der Waals surface area contributed by atoms with E-state index in [2.05, 4.69) is 29.6 Å². The first-order valence-corrected chi connectivity index (χ1v) is 10.4. The highest BCUT2D eigenvalue weighted by atomic mass is 16.5. The molecule has 5 nitrogen and oxygen atoms in total.